The topological polar surface area (TPSA) is 112 Å². The summed E-state index contributed by atoms with van der Waals surface area (Å²) in [5.74, 6) is -0.945. The SMILES string of the molecule is CCn1nc(C)cc1C(=O)Nc1cc(Nc2ccc3c(/C=C/C4=NC=NC4)n[nH]c3c2)ccc1F. The molecule has 3 heterocycles. The average Bonchev–Trinajstić information content (AvgIpc) is 3.59. The number of carbonyl (C=O) groups is 1. The number of anilines is 3. The Hall–Kier alpha value is -4.60. The molecule has 4 aromatic rings. The minimum Gasteiger partial charge on any atom is -0.355 e. The third-order valence-corrected chi connectivity index (χ3v) is 5.52. The van der Waals surface area contributed by atoms with Gasteiger partial charge in [-0.25, -0.2) is 9.38 Å². The number of aromatic nitrogens is 4. The molecule has 0 aliphatic carbocycles. The molecule has 0 unspecified atom stereocenters. The van der Waals surface area contributed by atoms with E-state index in [9.17, 15) is 9.18 Å². The first-order valence-electron chi connectivity index (χ1n) is 11.1. The van der Waals surface area contributed by atoms with Crippen LogP contribution in [0.25, 0.3) is 17.0 Å². The van der Waals surface area contributed by atoms with E-state index in [1.807, 2.05) is 44.2 Å². The predicted molar refractivity (Wildman–Crippen MR) is 136 cm³/mol. The maximum absolute atomic E-state index is 14.5. The molecule has 5 rings (SSSR count). The van der Waals surface area contributed by atoms with Crippen molar-refractivity contribution in [3.05, 3.63) is 71.4 Å². The van der Waals surface area contributed by atoms with Crippen LogP contribution in [0.3, 0.4) is 0 Å². The summed E-state index contributed by atoms with van der Waals surface area (Å²) in [7, 11) is 0. The van der Waals surface area contributed by atoms with Gasteiger partial charge in [0.2, 0.25) is 0 Å². The molecule has 176 valence electrons. The third-order valence-electron chi connectivity index (χ3n) is 5.52. The molecule has 0 bridgehead atoms. The summed E-state index contributed by atoms with van der Waals surface area (Å²) in [5.41, 5.74) is 5.12. The van der Waals surface area contributed by atoms with Crippen LogP contribution < -0.4 is 10.6 Å². The molecular formula is C25H23FN8O. The lowest BCUT2D eigenvalue weighted by Gasteiger charge is -2.11. The van der Waals surface area contributed by atoms with Gasteiger partial charge in [-0.3, -0.25) is 19.6 Å². The van der Waals surface area contributed by atoms with E-state index in [0.29, 0.717) is 24.5 Å². The minimum atomic E-state index is -0.527. The first-order valence-corrected chi connectivity index (χ1v) is 11.1. The zero-order valence-electron chi connectivity index (χ0n) is 19.2. The van der Waals surface area contributed by atoms with E-state index in [4.69, 9.17) is 0 Å². The first kappa shape index (κ1) is 22.2. The Balaban J connectivity index is 1.33. The van der Waals surface area contributed by atoms with E-state index in [1.165, 1.54) is 6.07 Å². The van der Waals surface area contributed by atoms with Crippen molar-refractivity contribution in [1.82, 2.24) is 20.0 Å². The number of amides is 1. The van der Waals surface area contributed by atoms with Crippen LogP contribution >= 0.6 is 0 Å². The van der Waals surface area contributed by atoms with Gasteiger partial charge in [-0.1, -0.05) is 0 Å². The van der Waals surface area contributed by atoms with Gasteiger partial charge in [0.05, 0.1) is 34.8 Å². The Labute approximate surface area is 200 Å². The fourth-order valence-electron chi connectivity index (χ4n) is 3.83. The predicted octanol–water partition coefficient (Wildman–Crippen LogP) is 4.72. The molecule has 1 aliphatic rings. The van der Waals surface area contributed by atoms with E-state index in [-0.39, 0.29) is 5.69 Å². The zero-order valence-corrected chi connectivity index (χ0v) is 19.2. The van der Waals surface area contributed by atoms with E-state index in [2.05, 4.69) is 35.9 Å². The lowest BCUT2D eigenvalue weighted by molar-refractivity contribution is 0.101. The Morgan fingerprint density at radius 3 is 2.80 bits per heavy atom. The van der Waals surface area contributed by atoms with Gasteiger partial charge in [-0.05, 0) is 68.5 Å². The highest BCUT2D eigenvalue weighted by Crippen LogP contribution is 2.26. The molecule has 0 saturated heterocycles. The maximum Gasteiger partial charge on any atom is 0.274 e. The van der Waals surface area contributed by atoms with Crippen molar-refractivity contribution in [3.63, 3.8) is 0 Å². The summed E-state index contributed by atoms with van der Waals surface area (Å²) in [6, 6.07) is 11.9. The fourth-order valence-corrected chi connectivity index (χ4v) is 3.83. The van der Waals surface area contributed by atoms with Gasteiger partial charge in [0, 0.05) is 23.3 Å². The second-order valence-electron chi connectivity index (χ2n) is 8.04. The molecule has 0 radical (unpaired) electrons. The van der Waals surface area contributed by atoms with Crippen LogP contribution in [0.15, 0.2) is 58.5 Å². The van der Waals surface area contributed by atoms with Crippen LogP contribution in [0.1, 0.15) is 28.8 Å². The van der Waals surface area contributed by atoms with Crippen LogP contribution in [0.5, 0.6) is 0 Å². The summed E-state index contributed by atoms with van der Waals surface area (Å²) in [4.78, 5) is 21.0. The van der Waals surface area contributed by atoms with Crippen molar-refractivity contribution in [1.29, 1.82) is 0 Å². The lowest BCUT2D eigenvalue weighted by atomic mass is 10.1. The number of benzene rings is 2. The first-order chi connectivity index (χ1) is 17.0. The number of halogens is 1. The summed E-state index contributed by atoms with van der Waals surface area (Å²) < 4.78 is 16.1. The molecule has 1 amide bonds. The number of hydrogen-bond acceptors (Lipinski definition) is 6. The van der Waals surface area contributed by atoms with E-state index in [0.717, 1.165) is 33.7 Å². The summed E-state index contributed by atoms with van der Waals surface area (Å²) in [6.07, 6.45) is 5.35. The van der Waals surface area contributed by atoms with Crippen LogP contribution in [0.2, 0.25) is 0 Å². The summed E-state index contributed by atoms with van der Waals surface area (Å²) in [5, 5.41) is 18.5. The summed E-state index contributed by atoms with van der Waals surface area (Å²) >= 11 is 0. The van der Waals surface area contributed by atoms with Crippen molar-refractivity contribution in [3.8, 4) is 0 Å². The molecule has 3 N–H and O–H groups in total. The molecule has 2 aromatic heterocycles. The number of aliphatic imine (C=N–C) groups is 2. The van der Waals surface area contributed by atoms with Crippen LogP contribution in [0.4, 0.5) is 21.5 Å². The number of aryl methyl sites for hydroxylation is 2. The van der Waals surface area contributed by atoms with Gasteiger partial charge in [0.1, 0.15) is 17.8 Å². The van der Waals surface area contributed by atoms with Crippen molar-refractivity contribution < 1.29 is 9.18 Å². The fraction of sp³-hybridized carbons (Fsp3) is 0.160. The Morgan fingerprint density at radius 2 is 2.00 bits per heavy atom. The standard InChI is InChI=1S/C25H23FN8O/c1-3-34-24(10-15(2)33-34)25(35)30-23-12-17(5-8-20(23)26)29-16-4-7-19-21(31-32-22(19)11-16)9-6-18-13-27-14-28-18/h4-12,14,29H,3,13H2,1-2H3,(H,30,35)(H,31,32)/b9-6+. The van der Waals surface area contributed by atoms with Crippen LogP contribution in [-0.4, -0.2) is 44.5 Å². The molecule has 35 heavy (non-hydrogen) atoms. The number of nitrogens with zero attached hydrogens (tertiary/aromatic N) is 5. The monoisotopic (exact) mass is 470 g/mol. The van der Waals surface area contributed by atoms with Gasteiger partial charge >= 0.3 is 0 Å². The molecule has 0 spiro atoms. The Morgan fingerprint density at radius 1 is 1.17 bits per heavy atom. The largest absolute Gasteiger partial charge is 0.355 e. The molecule has 0 atom stereocenters. The Kier molecular flexibility index (Phi) is 5.92. The number of fused-ring (bicyclic) bond motifs is 1. The van der Waals surface area contributed by atoms with Gasteiger partial charge in [0.15, 0.2) is 0 Å². The van der Waals surface area contributed by atoms with Gasteiger partial charge < -0.3 is 10.6 Å². The van der Waals surface area contributed by atoms with Crippen molar-refractivity contribution in [2.75, 3.05) is 17.2 Å². The number of rotatable bonds is 7. The molecule has 1 aliphatic heterocycles. The van der Waals surface area contributed by atoms with Crippen molar-refractivity contribution in [2.45, 2.75) is 20.4 Å². The molecule has 0 saturated carbocycles. The van der Waals surface area contributed by atoms with Gasteiger partial charge in [-0.2, -0.15) is 10.2 Å². The van der Waals surface area contributed by atoms with Crippen molar-refractivity contribution in [2.24, 2.45) is 9.98 Å². The van der Waals surface area contributed by atoms with E-state index in [1.54, 1.807) is 29.2 Å². The van der Waals surface area contributed by atoms with Crippen molar-refractivity contribution >= 4 is 52.0 Å². The van der Waals surface area contributed by atoms with E-state index >= 15 is 0 Å². The maximum atomic E-state index is 14.5. The van der Waals surface area contributed by atoms with Gasteiger partial charge in [0.25, 0.3) is 5.91 Å². The third kappa shape index (κ3) is 4.72. The number of aromatic amines is 1. The quantitative estimate of drug-likeness (QED) is 0.363. The average molecular weight is 471 g/mol. The Bertz CT molecular complexity index is 1510. The lowest BCUT2D eigenvalue weighted by Crippen LogP contribution is -2.18. The van der Waals surface area contributed by atoms with Crippen LogP contribution in [0, 0.1) is 12.7 Å². The molecular weight excluding hydrogens is 447 g/mol. The normalized spacial score (nSPS) is 13.1. The van der Waals surface area contributed by atoms with Crippen LogP contribution in [-0.2, 0) is 6.54 Å². The molecule has 10 heteroatoms. The second kappa shape index (κ2) is 9.34. The number of carbonyl (C=O) groups excluding carboxylic acids is 1. The molecule has 2 aromatic carbocycles. The smallest absolute Gasteiger partial charge is 0.274 e. The molecule has 0 fully saturated rings. The highest BCUT2D eigenvalue weighted by molar-refractivity contribution is 6.07. The second-order valence-corrected chi connectivity index (χ2v) is 8.04. The highest BCUT2D eigenvalue weighted by atomic mass is 19.1. The zero-order chi connectivity index (χ0) is 24.4. The minimum absolute atomic E-state index is 0.0790. The number of hydrogen-bond donors (Lipinski definition) is 3. The molecule has 9 nitrogen and oxygen atoms in total. The van der Waals surface area contributed by atoms with Gasteiger partial charge in [-0.15, -0.1) is 0 Å². The summed E-state index contributed by atoms with van der Waals surface area (Å²) in [6.45, 7) is 4.82. The number of H-pyrrole nitrogens is 1. The highest BCUT2D eigenvalue weighted by Gasteiger charge is 2.16. The van der Waals surface area contributed by atoms with E-state index < -0.39 is 11.7 Å². The number of nitrogens with one attached hydrogen (secondary N) is 3.